The minimum atomic E-state index is -3.23. The van der Waals surface area contributed by atoms with Gasteiger partial charge in [-0.25, -0.2) is 13.1 Å². The van der Waals surface area contributed by atoms with Gasteiger partial charge in [-0.1, -0.05) is 6.42 Å². The summed E-state index contributed by atoms with van der Waals surface area (Å²) in [5.74, 6) is 0.315. The van der Waals surface area contributed by atoms with Gasteiger partial charge in [-0.2, -0.15) is 0 Å². The molecule has 1 rings (SSSR count). The molecule has 1 aliphatic rings. The number of hydrogen-bond donors (Lipinski definition) is 2. The Hall–Kier alpha value is 0.120. The molecule has 3 N–H and O–H groups in total. The molecule has 0 aromatic carbocycles. The second kappa shape index (κ2) is 8.32. The number of sulfonamides is 1. The summed E-state index contributed by atoms with van der Waals surface area (Å²) in [5, 5.41) is 0. The van der Waals surface area contributed by atoms with Crippen LogP contribution in [-0.2, 0) is 14.8 Å². The largest absolute Gasteiger partial charge is 0.378 e. The average molecular weight is 301 g/mol. The maximum Gasteiger partial charge on any atom is 0.214 e. The van der Waals surface area contributed by atoms with E-state index in [9.17, 15) is 8.42 Å². The van der Waals surface area contributed by atoms with Crippen LogP contribution in [0.4, 0.5) is 0 Å². The molecular formula is C11H25ClN2O3S. The summed E-state index contributed by atoms with van der Waals surface area (Å²) in [6, 6.07) is 0.0176. The summed E-state index contributed by atoms with van der Waals surface area (Å²) in [5.41, 5.74) is 5.62. The first-order valence-corrected chi connectivity index (χ1v) is 7.91. The number of ether oxygens (including phenoxy) is 1. The lowest BCUT2D eigenvalue weighted by Crippen LogP contribution is -2.41. The van der Waals surface area contributed by atoms with Crippen molar-refractivity contribution in [1.82, 2.24) is 4.72 Å². The van der Waals surface area contributed by atoms with Crippen molar-refractivity contribution in [2.45, 2.75) is 45.3 Å². The van der Waals surface area contributed by atoms with Gasteiger partial charge >= 0.3 is 0 Å². The van der Waals surface area contributed by atoms with Crippen LogP contribution in [0.1, 0.15) is 33.1 Å². The molecule has 0 saturated heterocycles. The van der Waals surface area contributed by atoms with Crippen molar-refractivity contribution in [1.29, 1.82) is 0 Å². The molecule has 7 heteroatoms. The summed E-state index contributed by atoms with van der Waals surface area (Å²) >= 11 is 0. The van der Waals surface area contributed by atoms with Gasteiger partial charge in [-0.05, 0) is 39.2 Å². The van der Waals surface area contributed by atoms with Gasteiger partial charge in [-0.15, -0.1) is 12.4 Å². The van der Waals surface area contributed by atoms with Crippen LogP contribution < -0.4 is 10.5 Å². The molecule has 0 radical (unpaired) electrons. The van der Waals surface area contributed by atoms with Crippen molar-refractivity contribution in [3.63, 3.8) is 0 Å². The maximum absolute atomic E-state index is 11.8. The Bertz CT molecular complexity index is 322. The molecule has 2 unspecified atom stereocenters. The minimum Gasteiger partial charge on any atom is -0.378 e. The summed E-state index contributed by atoms with van der Waals surface area (Å²) < 4.78 is 31.6. The van der Waals surface area contributed by atoms with Crippen molar-refractivity contribution in [2.75, 3.05) is 18.9 Å². The Morgan fingerprint density at radius 1 is 1.39 bits per heavy atom. The number of nitrogens with one attached hydrogen (secondary N) is 1. The number of rotatable bonds is 7. The quantitative estimate of drug-likeness (QED) is 0.731. The highest BCUT2D eigenvalue weighted by atomic mass is 35.5. The number of hydrogen-bond acceptors (Lipinski definition) is 4. The first kappa shape index (κ1) is 18.1. The topological polar surface area (TPSA) is 81.4 Å². The Morgan fingerprint density at radius 2 is 2.06 bits per heavy atom. The predicted molar refractivity (Wildman–Crippen MR) is 75.4 cm³/mol. The predicted octanol–water partition coefficient (Wildman–Crippen LogP) is 0.880. The van der Waals surface area contributed by atoms with Crippen LogP contribution in [0.25, 0.3) is 0 Å². The highest BCUT2D eigenvalue weighted by Gasteiger charge is 2.29. The van der Waals surface area contributed by atoms with Gasteiger partial charge in [0, 0.05) is 6.04 Å². The van der Waals surface area contributed by atoms with E-state index < -0.39 is 10.0 Å². The maximum atomic E-state index is 11.8. The molecule has 0 spiro atoms. The minimum absolute atomic E-state index is 0. The van der Waals surface area contributed by atoms with Gasteiger partial charge in [0.1, 0.15) is 0 Å². The fraction of sp³-hybridized carbons (Fsp3) is 1.00. The Morgan fingerprint density at radius 3 is 2.61 bits per heavy atom. The Labute approximate surface area is 116 Å². The van der Waals surface area contributed by atoms with Crippen LogP contribution in [0.5, 0.6) is 0 Å². The lowest BCUT2D eigenvalue weighted by atomic mass is 10.1. The molecule has 1 saturated carbocycles. The number of halogens is 1. The molecule has 18 heavy (non-hydrogen) atoms. The van der Waals surface area contributed by atoms with Crippen LogP contribution in [-0.4, -0.2) is 39.5 Å². The second-order valence-electron chi connectivity index (χ2n) is 4.89. The SMILES string of the molecule is CC(C)OCCS(=O)(=O)NC1CCCC1CN.Cl. The molecule has 5 nitrogen and oxygen atoms in total. The lowest BCUT2D eigenvalue weighted by molar-refractivity contribution is 0.0911. The fourth-order valence-corrected chi connectivity index (χ4v) is 3.36. The third kappa shape index (κ3) is 6.33. The van der Waals surface area contributed by atoms with Gasteiger partial charge in [-0.3, -0.25) is 0 Å². The number of nitrogens with two attached hydrogens (primary N) is 1. The molecule has 110 valence electrons. The Kier molecular flexibility index (Phi) is 8.38. The normalized spacial score (nSPS) is 24.2. The lowest BCUT2D eigenvalue weighted by Gasteiger charge is -2.19. The first-order valence-electron chi connectivity index (χ1n) is 6.26. The Balaban J connectivity index is 0.00000289. The molecule has 2 atom stereocenters. The van der Waals surface area contributed by atoms with Gasteiger partial charge in [0.2, 0.25) is 10.0 Å². The molecule has 1 aliphatic carbocycles. The van der Waals surface area contributed by atoms with Crippen LogP contribution in [0.3, 0.4) is 0 Å². The van der Waals surface area contributed by atoms with Crippen molar-refractivity contribution < 1.29 is 13.2 Å². The van der Waals surface area contributed by atoms with Gasteiger partial charge in [0.05, 0.1) is 18.5 Å². The molecule has 0 aromatic rings. The van der Waals surface area contributed by atoms with E-state index in [0.29, 0.717) is 6.54 Å². The van der Waals surface area contributed by atoms with Gasteiger partial charge in [0.25, 0.3) is 0 Å². The van der Waals surface area contributed by atoms with Gasteiger partial charge in [0.15, 0.2) is 0 Å². The van der Waals surface area contributed by atoms with Crippen molar-refractivity contribution in [3.05, 3.63) is 0 Å². The summed E-state index contributed by atoms with van der Waals surface area (Å²) in [7, 11) is -3.23. The molecule has 1 fully saturated rings. The molecule has 0 aromatic heterocycles. The van der Waals surface area contributed by atoms with Crippen LogP contribution in [0.2, 0.25) is 0 Å². The standard InChI is InChI=1S/C11H24N2O3S.ClH/c1-9(2)16-6-7-17(14,15)13-11-5-3-4-10(11)8-12;/h9-11,13H,3-8,12H2,1-2H3;1H. The van der Waals surface area contributed by atoms with E-state index in [-0.39, 0.29) is 42.8 Å². The van der Waals surface area contributed by atoms with E-state index in [2.05, 4.69) is 4.72 Å². The smallest absolute Gasteiger partial charge is 0.214 e. The third-order valence-electron chi connectivity index (χ3n) is 3.10. The highest BCUT2D eigenvalue weighted by Crippen LogP contribution is 2.25. The zero-order valence-electron chi connectivity index (χ0n) is 11.1. The van der Waals surface area contributed by atoms with E-state index >= 15 is 0 Å². The highest BCUT2D eigenvalue weighted by molar-refractivity contribution is 7.89. The van der Waals surface area contributed by atoms with Crippen LogP contribution >= 0.6 is 12.4 Å². The van der Waals surface area contributed by atoms with Crippen LogP contribution in [0, 0.1) is 5.92 Å². The molecule has 0 amide bonds. The van der Waals surface area contributed by atoms with Gasteiger partial charge < -0.3 is 10.5 Å². The zero-order chi connectivity index (χ0) is 12.9. The molecular weight excluding hydrogens is 276 g/mol. The summed E-state index contributed by atoms with van der Waals surface area (Å²) in [4.78, 5) is 0. The fourth-order valence-electron chi connectivity index (χ4n) is 2.16. The summed E-state index contributed by atoms with van der Waals surface area (Å²) in [6.07, 6.45) is 3.03. The molecule has 0 heterocycles. The third-order valence-corrected chi connectivity index (χ3v) is 4.46. The van der Waals surface area contributed by atoms with Crippen LogP contribution in [0.15, 0.2) is 0 Å². The van der Waals surface area contributed by atoms with E-state index in [4.69, 9.17) is 10.5 Å². The van der Waals surface area contributed by atoms with E-state index in [0.717, 1.165) is 19.3 Å². The molecule has 0 bridgehead atoms. The zero-order valence-corrected chi connectivity index (χ0v) is 12.7. The first-order chi connectivity index (χ1) is 7.94. The van der Waals surface area contributed by atoms with Crippen molar-refractivity contribution in [3.8, 4) is 0 Å². The van der Waals surface area contributed by atoms with E-state index in [1.807, 2.05) is 13.8 Å². The second-order valence-corrected chi connectivity index (χ2v) is 6.76. The van der Waals surface area contributed by atoms with Crippen molar-refractivity contribution >= 4 is 22.4 Å². The van der Waals surface area contributed by atoms with E-state index in [1.165, 1.54) is 0 Å². The molecule has 0 aliphatic heterocycles. The monoisotopic (exact) mass is 300 g/mol. The summed E-state index contributed by atoms with van der Waals surface area (Å²) in [6.45, 7) is 4.58. The average Bonchev–Trinajstić information content (AvgIpc) is 2.63. The van der Waals surface area contributed by atoms with E-state index in [1.54, 1.807) is 0 Å². The van der Waals surface area contributed by atoms with Crippen molar-refractivity contribution in [2.24, 2.45) is 11.7 Å².